The Morgan fingerprint density at radius 1 is 1.04 bits per heavy atom. The van der Waals surface area contributed by atoms with Crippen LogP contribution in [-0.2, 0) is 14.6 Å². The minimum atomic E-state index is -2.96. The maximum Gasteiger partial charge on any atom is 0.253 e. The van der Waals surface area contributed by atoms with Gasteiger partial charge in [-0.05, 0) is 36.6 Å². The molecule has 0 saturated carbocycles. The Morgan fingerprint density at radius 2 is 1.64 bits per heavy atom. The number of carbonyl (C=O) groups excluding carboxylic acids is 2. The average molecular weight is 385 g/mol. The first kappa shape index (κ1) is 18.2. The molecule has 2 amide bonds. The first-order valence-corrected chi connectivity index (χ1v) is 10.6. The lowest BCUT2D eigenvalue weighted by atomic mass is 10.0. The molecule has 1 atom stereocenters. The molecule has 0 bridgehead atoms. The summed E-state index contributed by atoms with van der Waals surface area (Å²) in [5.74, 6) is 0.166. The van der Waals surface area contributed by atoms with E-state index in [1.807, 2.05) is 0 Å². The van der Waals surface area contributed by atoms with Gasteiger partial charge in [0.25, 0.3) is 5.91 Å². The number of amides is 2. The van der Waals surface area contributed by atoms with Gasteiger partial charge in [-0.2, -0.15) is 0 Å². The second-order valence-electron chi connectivity index (χ2n) is 6.65. The highest BCUT2D eigenvalue weighted by molar-refractivity contribution is 7.91. The van der Waals surface area contributed by atoms with Gasteiger partial charge >= 0.3 is 0 Å². The number of hydrogen-bond donors (Lipinski definition) is 0. The molecule has 1 unspecified atom stereocenters. The lowest BCUT2D eigenvalue weighted by Crippen LogP contribution is -2.50. The van der Waals surface area contributed by atoms with Gasteiger partial charge in [-0.15, -0.1) is 0 Å². The smallest absolute Gasteiger partial charge is 0.253 e. The van der Waals surface area contributed by atoms with E-state index < -0.39 is 9.84 Å². The van der Waals surface area contributed by atoms with Crippen molar-refractivity contribution in [3.05, 3.63) is 34.9 Å². The summed E-state index contributed by atoms with van der Waals surface area (Å²) < 4.78 is 23.0. The standard InChI is InChI=1S/C17H21ClN2O4S/c18-15-3-1-14(2-4-15)17(22)20-8-6-19(7-9-20)16(21)11-13-5-10-25(23,24)12-13/h1-4,13H,5-12H2. The van der Waals surface area contributed by atoms with Crippen LogP contribution in [0.5, 0.6) is 0 Å². The lowest BCUT2D eigenvalue weighted by molar-refractivity contribution is -0.133. The van der Waals surface area contributed by atoms with Crippen molar-refractivity contribution in [3.8, 4) is 0 Å². The van der Waals surface area contributed by atoms with Crippen molar-refractivity contribution in [1.82, 2.24) is 9.80 Å². The van der Waals surface area contributed by atoms with Crippen LogP contribution in [0.3, 0.4) is 0 Å². The number of benzene rings is 1. The number of nitrogens with zero attached hydrogens (tertiary/aromatic N) is 2. The second-order valence-corrected chi connectivity index (χ2v) is 9.32. The number of piperazine rings is 1. The summed E-state index contributed by atoms with van der Waals surface area (Å²) in [7, 11) is -2.96. The fourth-order valence-corrected chi connectivity index (χ4v) is 5.33. The van der Waals surface area contributed by atoms with E-state index in [9.17, 15) is 18.0 Å². The Bertz CT molecular complexity index is 755. The zero-order valence-corrected chi connectivity index (χ0v) is 15.4. The van der Waals surface area contributed by atoms with Crippen LogP contribution in [0.15, 0.2) is 24.3 Å². The van der Waals surface area contributed by atoms with Gasteiger partial charge in [-0.3, -0.25) is 9.59 Å². The molecule has 1 aromatic rings. The third-order valence-electron chi connectivity index (χ3n) is 4.80. The Balaban J connectivity index is 1.50. The van der Waals surface area contributed by atoms with E-state index in [1.165, 1.54) is 0 Å². The summed E-state index contributed by atoms with van der Waals surface area (Å²) in [5.41, 5.74) is 0.584. The molecular weight excluding hydrogens is 364 g/mol. The molecule has 3 rings (SSSR count). The monoisotopic (exact) mass is 384 g/mol. The van der Waals surface area contributed by atoms with Crippen molar-refractivity contribution >= 4 is 33.3 Å². The SMILES string of the molecule is O=C(CC1CCS(=O)(=O)C1)N1CCN(C(=O)c2ccc(Cl)cc2)CC1. The van der Waals surface area contributed by atoms with Crippen molar-refractivity contribution in [2.75, 3.05) is 37.7 Å². The van der Waals surface area contributed by atoms with E-state index in [0.717, 1.165) is 0 Å². The van der Waals surface area contributed by atoms with Crippen LogP contribution in [0, 0.1) is 5.92 Å². The Kier molecular flexibility index (Phi) is 5.34. The number of rotatable bonds is 3. The van der Waals surface area contributed by atoms with E-state index in [-0.39, 0.29) is 35.7 Å². The topological polar surface area (TPSA) is 74.8 Å². The van der Waals surface area contributed by atoms with Crippen molar-refractivity contribution in [2.24, 2.45) is 5.92 Å². The molecule has 25 heavy (non-hydrogen) atoms. The Hall–Kier alpha value is -1.60. The third kappa shape index (κ3) is 4.52. The second kappa shape index (κ2) is 7.33. The van der Waals surface area contributed by atoms with Crippen molar-refractivity contribution in [2.45, 2.75) is 12.8 Å². The van der Waals surface area contributed by atoms with Crippen LogP contribution >= 0.6 is 11.6 Å². The summed E-state index contributed by atoms with van der Waals surface area (Å²) in [6.45, 7) is 1.93. The molecule has 1 aromatic carbocycles. The molecule has 136 valence electrons. The summed E-state index contributed by atoms with van der Waals surface area (Å²) in [6.07, 6.45) is 0.855. The highest BCUT2D eigenvalue weighted by Gasteiger charge is 2.32. The molecule has 0 spiro atoms. The van der Waals surface area contributed by atoms with Gasteiger partial charge in [0.05, 0.1) is 11.5 Å². The minimum absolute atomic E-state index is 0.0132. The van der Waals surface area contributed by atoms with Crippen LogP contribution in [-0.4, -0.2) is 67.7 Å². The molecule has 2 fully saturated rings. The van der Waals surface area contributed by atoms with Gasteiger partial charge in [0.2, 0.25) is 5.91 Å². The van der Waals surface area contributed by atoms with Crippen LogP contribution in [0.1, 0.15) is 23.2 Å². The molecule has 0 aromatic heterocycles. The average Bonchev–Trinajstić information content (AvgIpc) is 2.93. The number of sulfone groups is 1. The zero-order valence-electron chi connectivity index (χ0n) is 13.9. The van der Waals surface area contributed by atoms with Gasteiger partial charge in [0.15, 0.2) is 9.84 Å². The van der Waals surface area contributed by atoms with Crippen molar-refractivity contribution < 1.29 is 18.0 Å². The predicted molar refractivity (Wildman–Crippen MR) is 95.3 cm³/mol. The van der Waals surface area contributed by atoms with Crippen LogP contribution in [0.4, 0.5) is 0 Å². The van der Waals surface area contributed by atoms with Crippen molar-refractivity contribution in [3.63, 3.8) is 0 Å². The normalized spacial score (nSPS) is 22.8. The molecule has 6 nitrogen and oxygen atoms in total. The molecule has 8 heteroatoms. The molecule has 2 heterocycles. The highest BCUT2D eigenvalue weighted by atomic mass is 35.5. The van der Waals surface area contributed by atoms with Crippen LogP contribution in [0.2, 0.25) is 5.02 Å². The first-order valence-electron chi connectivity index (χ1n) is 8.37. The summed E-state index contributed by atoms with van der Waals surface area (Å²) in [4.78, 5) is 28.3. The fourth-order valence-electron chi connectivity index (χ4n) is 3.34. The zero-order chi connectivity index (χ0) is 18.0. The maximum atomic E-state index is 12.5. The Morgan fingerprint density at radius 3 is 2.20 bits per heavy atom. The Labute approximate surface area is 152 Å². The van der Waals surface area contributed by atoms with Crippen LogP contribution < -0.4 is 0 Å². The number of hydrogen-bond acceptors (Lipinski definition) is 4. The summed E-state index contributed by atoms with van der Waals surface area (Å²) in [5, 5.41) is 0.584. The van der Waals surface area contributed by atoms with E-state index in [2.05, 4.69) is 0 Å². The summed E-state index contributed by atoms with van der Waals surface area (Å²) in [6, 6.07) is 6.76. The molecule has 2 aliphatic rings. The van der Waals surface area contributed by atoms with E-state index in [4.69, 9.17) is 11.6 Å². The van der Waals surface area contributed by atoms with Gasteiger partial charge in [-0.1, -0.05) is 11.6 Å². The molecule has 0 radical (unpaired) electrons. The molecular formula is C17H21ClN2O4S. The quantitative estimate of drug-likeness (QED) is 0.790. The fraction of sp³-hybridized carbons (Fsp3) is 0.529. The predicted octanol–water partition coefficient (Wildman–Crippen LogP) is 1.45. The van der Waals surface area contributed by atoms with E-state index in [0.29, 0.717) is 43.2 Å². The lowest BCUT2D eigenvalue weighted by Gasteiger charge is -2.35. The van der Waals surface area contributed by atoms with Gasteiger partial charge in [-0.25, -0.2) is 8.42 Å². The number of carbonyl (C=O) groups is 2. The van der Waals surface area contributed by atoms with E-state index >= 15 is 0 Å². The largest absolute Gasteiger partial charge is 0.339 e. The molecule has 0 aliphatic carbocycles. The van der Waals surface area contributed by atoms with Crippen LogP contribution in [0.25, 0.3) is 0 Å². The highest BCUT2D eigenvalue weighted by Crippen LogP contribution is 2.23. The molecule has 2 saturated heterocycles. The molecule has 2 aliphatic heterocycles. The first-order chi connectivity index (χ1) is 11.8. The van der Waals surface area contributed by atoms with E-state index in [1.54, 1.807) is 34.1 Å². The molecule has 0 N–H and O–H groups in total. The third-order valence-corrected chi connectivity index (χ3v) is 6.89. The van der Waals surface area contributed by atoms with Crippen molar-refractivity contribution in [1.29, 1.82) is 0 Å². The maximum absolute atomic E-state index is 12.5. The van der Waals surface area contributed by atoms with Gasteiger partial charge in [0, 0.05) is 43.2 Å². The van der Waals surface area contributed by atoms with Gasteiger partial charge in [0.1, 0.15) is 0 Å². The minimum Gasteiger partial charge on any atom is -0.339 e. The number of halogens is 1. The van der Waals surface area contributed by atoms with Gasteiger partial charge < -0.3 is 9.80 Å². The summed E-state index contributed by atoms with van der Waals surface area (Å²) >= 11 is 5.84.